The number of nitrogens with zero attached hydrogens (tertiary/aromatic N) is 3. The van der Waals surface area contributed by atoms with Crippen molar-refractivity contribution in [1.29, 1.82) is 0 Å². The van der Waals surface area contributed by atoms with Gasteiger partial charge in [0.1, 0.15) is 16.7 Å². The zero-order chi connectivity index (χ0) is 24.3. The van der Waals surface area contributed by atoms with Gasteiger partial charge in [-0.3, -0.25) is 8.98 Å². The highest BCUT2D eigenvalue weighted by Crippen LogP contribution is 2.30. The number of carbonyl (C=O) groups is 1. The number of nitrogens with two attached hydrogens (primary N) is 1. The van der Waals surface area contributed by atoms with Crippen LogP contribution >= 0.6 is 27.3 Å². The zero-order valence-electron chi connectivity index (χ0n) is 17.8. The van der Waals surface area contributed by atoms with Gasteiger partial charge in [-0.1, -0.05) is 6.07 Å². The van der Waals surface area contributed by atoms with Gasteiger partial charge in [-0.2, -0.15) is 8.42 Å². The van der Waals surface area contributed by atoms with Crippen molar-refractivity contribution in [3.8, 4) is 0 Å². The molecule has 0 unspecified atom stereocenters. The summed E-state index contributed by atoms with van der Waals surface area (Å²) in [6.07, 6.45) is 3.40. The maximum Gasteiger partial charge on any atom is 0.333 e. The van der Waals surface area contributed by atoms with E-state index in [0.29, 0.717) is 35.5 Å². The molecule has 1 fully saturated rings. The van der Waals surface area contributed by atoms with Crippen molar-refractivity contribution in [2.45, 2.75) is 31.4 Å². The molecule has 180 valence electrons. The van der Waals surface area contributed by atoms with Crippen LogP contribution in [0, 0.1) is 5.92 Å². The lowest BCUT2D eigenvalue weighted by Gasteiger charge is -2.15. The topological polar surface area (TPSA) is 157 Å². The van der Waals surface area contributed by atoms with Crippen molar-refractivity contribution in [2.75, 3.05) is 11.9 Å². The summed E-state index contributed by atoms with van der Waals surface area (Å²) >= 11 is 4.70. The van der Waals surface area contributed by atoms with Crippen LogP contribution in [0.3, 0.4) is 0 Å². The van der Waals surface area contributed by atoms with Crippen LogP contribution < -0.4 is 10.5 Å². The Bertz CT molecular complexity index is 1290. The molecule has 3 aromatic rings. The number of rotatable bonds is 9. The fourth-order valence-corrected chi connectivity index (χ4v) is 5.48. The summed E-state index contributed by atoms with van der Waals surface area (Å²) in [5.74, 6) is -0.272. The molecule has 4 N–H and O–H groups in total. The highest BCUT2D eigenvalue weighted by molar-refractivity contribution is 9.10. The first-order valence-electron chi connectivity index (χ1n) is 10.3. The molecule has 0 aliphatic heterocycles. The van der Waals surface area contributed by atoms with Gasteiger partial charge in [0, 0.05) is 30.3 Å². The van der Waals surface area contributed by atoms with E-state index in [1.807, 2.05) is 29.6 Å². The third-order valence-electron chi connectivity index (χ3n) is 5.44. The molecule has 4 rings (SSSR count). The molecule has 0 bridgehead atoms. The molecule has 3 heterocycles. The van der Waals surface area contributed by atoms with E-state index in [2.05, 4.69) is 40.4 Å². The molecule has 0 aromatic carbocycles. The predicted octanol–water partition coefficient (Wildman–Crippen LogP) is 2.29. The van der Waals surface area contributed by atoms with E-state index in [1.165, 1.54) is 23.9 Å². The number of hydrogen-bond acceptors (Lipinski definition) is 10. The zero-order valence-corrected chi connectivity index (χ0v) is 21.0. The molecule has 0 amide bonds. The van der Waals surface area contributed by atoms with Gasteiger partial charge >= 0.3 is 10.3 Å². The van der Waals surface area contributed by atoms with E-state index in [-0.39, 0.29) is 18.4 Å². The summed E-state index contributed by atoms with van der Waals surface area (Å²) in [6.45, 7) is -0.210. The van der Waals surface area contributed by atoms with Crippen molar-refractivity contribution >= 4 is 49.2 Å². The summed E-state index contributed by atoms with van der Waals surface area (Å²) in [7, 11) is -4.08. The summed E-state index contributed by atoms with van der Waals surface area (Å²) in [4.78, 5) is 26.4. The van der Waals surface area contributed by atoms with E-state index in [4.69, 9.17) is 5.14 Å². The Labute approximate surface area is 209 Å². The maximum absolute atomic E-state index is 13.2. The predicted molar refractivity (Wildman–Crippen MR) is 130 cm³/mol. The number of thiophene rings is 1. The minimum atomic E-state index is -4.08. The number of anilines is 1. The Morgan fingerprint density at radius 2 is 2.18 bits per heavy atom. The fraction of sp³-hybridized carbons (Fsp3) is 0.333. The van der Waals surface area contributed by atoms with Crippen LogP contribution in [0.15, 0.2) is 46.8 Å². The molecule has 0 radical (unpaired) electrons. The van der Waals surface area contributed by atoms with Crippen LogP contribution in [0.25, 0.3) is 0 Å². The minimum Gasteiger partial charge on any atom is -0.393 e. The lowest BCUT2D eigenvalue weighted by atomic mass is 10.1. The smallest absolute Gasteiger partial charge is 0.333 e. The maximum atomic E-state index is 13.2. The second kappa shape index (κ2) is 10.5. The fourth-order valence-electron chi connectivity index (χ4n) is 3.86. The van der Waals surface area contributed by atoms with Crippen LogP contribution in [-0.2, 0) is 20.9 Å². The Morgan fingerprint density at radius 1 is 1.35 bits per heavy atom. The molecule has 0 spiro atoms. The second-order valence-corrected chi connectivity index (χ2v) is 10.9. The van der Waals surface area contributed by atoms with E-state index in [9.17, 15) is 18.3 Å². The van der Waals surface area contributed by atoms with Gasteiger partial charge in [-0.15, -0.1) is 11.3 Å². The van der Waals surface area contributed by atoms with Crippen molar-refractivity contribution < 1.29 is 22.5 Å². The van der Waals surface area contributed by atoms with Crippen LogP contribution in [0.1, 0.15) is 39.3 Å². The van der Waals surface area contributed by atoms with Crippen LogP contribution in [0.2, 0.25) is 0 Å². The van der Waals surface area contributed by atoms with Gasteiger partial charge in [-0.25, -0.2) is 20.1 Å². The van der Waals surface area contributed by atoms with Crippen molar-refractivity contribution in [2.24, 2.45) is 11.1 Å². The molecular weight excluding hydrogens is 546 g/mol. The standard InChI is InChI=1S/C21H22BrN5O5S2/c22-19-3-1-2-14(26-19)4-12-5-18(33-10-12)20(29)16-8-24-11-25-21(16)27-15-6-13(17(28)7-15)9-32-34(23,30)31/h1-3,5,8,10-11,13,15,17,28H,4,6-7,9H2,(H2,23,30,31)(H,24,25,27)/t13-,15-,17+/m1/s1. The number of nitrogens with one attached hydrogen (secondary N) is 1. The van der Waals surface area contributed by atoms with Crippen molar-refractivity contribution in [1.82, 2.24) is 15.0 Å². The summed E-state index contributed by atoms with van der Waals surface area (Å²) < 4.78 is 27.5. The molecule has 1 aliphatic carbocycles. The van der Waals surface area contributed by atoms with Crippen LogP contribution in [0.4, 0.5) is 5.82 Å². The largest absolute Gasteiger partial charge is 0.393 e. The number of ketones is 1. The summed E-state index contributed by atoms with van der Waals surface area (Å²) in [6, 6.07) is 7.30. The second-order valence-electron chi connectivity index (χ2n) is 7.98. The Morgan fingerprint density at radius 3 is 2.94 bits per heavy atom. The van der Waals surface area contributed by atoms with Gasteiger partial charge in [0.15, 0.2) is 0 Å². The van der Waals surface area contributed by atoms with Gasteiger partial charge in [0.05, 0.1) is 23.2 Å². The Hall–Kier alpha value is -2.29. The summed E-state index contributed by atoms with van der Waals surface area (Å²) in [5, 5.41) is 20.3. The van der Waals surface area contributed by atoms with Gasteiger partial charge in [0.2, 0.25) is 5.78 Å². The molecule has 0 saturated heterocycles. The molecule has 1 aliphatic rings. The van der Waals surface area contributed by atoms with Crippen molar-refractivity contribution in [3.63, 3.8) is 0 Å². The Kier molecular flexibility index (Phi) is 7.70. The highest BCUT2D eigenvalue weighted by Gasteiger charge is 2.34. The van der Waals surface area contributed by atoms with E-state index in [0.717, 1.165) is 15.9 Å². The van der Waals surface area contributed by atoms with Crippen molar-refractivity contribution in [3.05, 3.63) is 68.5 Å². The van der Waals surface area contributed by atoms with E-state index in [1.54, 1.807) is 0 Å². The number of aliphatic hydroxyl groups excluding tert-OH is 1. The van der Waals surface area contributed by atoms with Gasteiger partial charge in [-0.05, 0) is 57.9 Å². The number of pyridine rings is 1. The monoisotopic (exact) mass is 567 g/mol. The number of hydrogen-bond donors (Lipinski definition) is 3. The molecule has 3 atom stereocenters. The highest BCUT2D eigenvalue weighted by atomic mass is 79.9. The van der Waals surface area contributed by atoms with Crippen LogP contribution in [0.5, 0.6) is 0 Å². The van der Waals surface area contributed by atoms with Gasteiger partial charge < -0.3 is 10.4 Å². The van der Waals surface area contributed by atoms with Gasteiger partial charge in [0.25, 0.3) is 0 Å². The molecule has 3 aromatic heterocycles. The third kappa shape index (κ3) is 6.43. The van der Waals surface area contributed by atoms with Crippen LogP contribution in [-0.4, -0.2) is 53.0 Å². The molecule has 13 heteroatoms. The number of carbonyl (C=O) groups excluding carboxylic acids is 1. The minimum absolute atomic E-state index is 0.210. The average molecular weight is 568 g/mol. The molecular formula is C21H22BrN5O5S2. The number of aromatic nitrogens is 3. The quantitative estimate of drug-likeness (QED) is 0.260. The molecule has 34 heavy (non-hydrogen) atoms. The average Bonchev–Trinajstić information content (AvgIpc) is 3.38. The Balaban J connectivity index is 1.44. The first-order valence-corrected chi connectivity index (χ1v) is 13.5. The lowest BCUT2D eigenvalue weighted by Crippen LogP contribution is -2.24. The first-order chi connectivity index (χ1) is 16.2. The SMILES string of the molecule is NS(=O)(=O)OC[C@H]1C[C@@H](Nc2ncncc2C(=O)c2cc(Cc3cccc(Br)n3)cs2)C[C@@H]1O. The van der Waals surface area contributed by atoms with E-state index < -0.39 is 22.3 Å². The first kappa shape index (κ1) is 24.8. The molecule has 10 nitrogen and oxygen atoms in total. The van der Waals surface area contributed by atoms with E-state index >= 15 is 0 Å². The molecule has 1 saturated carbocycles. The number of halogens is 1. The lowest BCUT2D eigenvalue weighted by molar-refractivity contribution is 0.101. The number of aliphatic hydroxyl groups is 1. The summed E-state index contributed by atoms with van der Waals surface area (Å²) in [5.41, 5.74) is 2.18. The normalized spacial score (nSPS) is 20.4. The third-order valence-corrected chi connectivity index (χ3v) is 7.32.